The van der Waals surface area contributed by atoms with Gasteiger partial charge in [-0.1, -0.05) is 13.8 Å². The van der Waals surface area contributed by atoms with Crippen LogP contribution in [0.2, 0.25) is 0 Å². The molecule has 24 heavy (non-hydrogen) atoms. The maximum absolute atomic E-state index is 11.3. The summed E-state index contributed by atoms with van der Waals surface area (Å²) in [7, 11) is 1.60. The number of aliphatic hydroxyl groups excluding tert-OH is 3. The predicted molar refractivity (Wildman–Crippen MR) is 91.4 cm³/mol. The second-order valence-corrected chi connectivity index (χ2v) is 5.76. The fourth-order valence-corrected chi connectivity index (χ4v) is 2.33. The Bertz CT molecular complexity index is 360. The smallest absolute Gasteiger partial charge is 0.222 e. The summed E-state index contributed by atoms with van der Waals surface area (Å²) < 4.78 is 0. The van der Waals surface area contributed by atoms with E-state index < -0.39 is 6.10 Å². The number of piperazine rings is 1. The van der Waals surface area contributed by atoms with Crippen molar-refractivity contribution in [2.75, 3.05) is 59.5 Å². The highest BCUT2D eigenvalue weighted by molar-refractivity contribution is 5.76. The van der Waals surface area contributed by atoms with E-state index in [4.69, 9.17) is 15.3 Å². The van der Waals surface area contributed by atoms with E-state index in [0.717, 1.165) is 32.7 Å². The average Bonchev–Trinajstić information content (AvgIpc) is 2.61. The molecule has 0 aromatic rings. The molecule has 3 N–H and O–H groups in total. The Morgan fingerprint density at radius 2 is 1.67 bits per heavy atom. The molecule has 1 unspecified atom stereocenters. The van der Waals surface area contributed by atoms with Crippen molar-refractivity contribution in [3.63, 3.8) is 0 Å². The van der Waals surface area contributed by atoms with E-state index in [-0.39, 0.29) is 31.6 Å². The number of rotatable bonds is 7. The van der Waals surface area contributed by atoms with Crippen LogP contribution >= 0.6 is 0 Å². The Morgan fingerprint density at radius 3 is 2.08 bits per heavy atom. The zero-order chi connectivity index (χ0) is 18.5. The van der Waals surface area contributed by atoms with Gasteiger partial charge in [-0.15, -0.1) is 0 Å². The lowest BCUT2D eigenvalue weighted by Gasteiger charge is -2.34. The zero-order valence-corrected chi connectivity index (χ0v) is 15.1. The van der Waals surface area contributed by atoms with E-state index in [0.29, 0.717) is 12.8 Å². The van der Waals surface area contributed by atoms with Gasteiger partial charge in [0.05, 0.1) is 19.3 Å². The second-order valence-electron chi connectivity index (χ2n) is 5.76. The normalized spacial score (nSPS) is 16.2. The van der Waals surface area contributed by atoms with E-state index in [2.05, 4.69) is 4.90 Å². The van der Waals surface area contributed by atoms with Gasteiger partial charge in [-0.3, -0.25) is 14.5 Å². The summed E-state index contributed by atoms with van der Waals surface area (Å²) in [5.74, 6) is 0.209. The van der Waals surface area contributed by atoms with Crippen LogP contribution < -0.4 is 0 Å². The molecule has 0 aromatic carbocycles. The molecule has 0 aliphatic carbocycles. The van der Waals surface area contributed by atoms with E-state index in [1.165, 1.54) is 4.90 Å². The summed E-state index contributed by atoms with van der Waals surface area (Å²) in [5.41, 5.74) is 0. The molecule has 1 aliphatic rings. The number of hydrogen-bond donors (Lipinski definition) is 3. The van der Waals surface area contributed by atoms with Crippen LogP contribution in [0.4, 0.5) is 0 Å². The van der Waals surface area contributed by atoms with Gasteiger partial charge >= 0.3 is 0 Å². The predicted octanol–water partition coefficient (Wildman–Crippen LogP) is -1.26. The SMILES string of the molecule is CCC(=O)N(C)CC(O)CO.CCC(=O)N1CCN(CCO)CC1. The van der Waals surface area contributed by atoms with Crippen LogP contribution in [-0.2, 0) is 9.59 Å². The molecular weight excluding hydrogens is 314 g/mol. The summed E-state index contributed by atoms with van der Waals surface area (Å²) >= 11 is 0. The highest BCUT2D eigenvalue weighted by Gasteiger charge is 2.18. The van der Waals surface area contributed by atoms with Crippen LogP contribution in [0.3, 0.4) is 0 Å². The Morgan fingerprint density at radius 1 is 1.08 bits per heavy atom. The molecule has 8 nitrogen and oxygen atoms in total. The Hall–Kier alpha value is -1.22. The van der Waals surface area contributed by atoms with Crippen molar-refractivity contribution >= 4 is 11.8 Å². The molecule has 0 radical (unpaired) electrons. The van der Waals surface area contributed by atoms with Crippen LogP contribution in [0, 0.1) is 0 Å². The number of aliphatic hydroxyl groups is 3. The third-order valence-corrected chi connectivity index (χ3v) is 3.87. The monoisotopic (exact) mass is 347 g/mol. The second kappa shape index (κ2) is 13.1. The van der Waals surface area contributed by atoms with Gasteiger partial charge in [0, 0.05) is 59.2 Å². The van der Waals surface area contributed by atoms with Crippen molar-refractivity contribution < 1.29 is 24.9 Å². The van der Waals surface area contributed by atoms with Crippen molar-refractivity contribution in [3.8, 4) is 0 Å². The molecule has 0 bridgehead atoms. The third kappa shape index (κ3) is 9.17. The quantitative estimate of drug-likeness (QED) is 0.531. The first-order valence-electron chi connectivity index (χ1n) is 8.53. The van der Waals surface area contributed by atoms with Gasteiger partial charge in [-0.05, 0) is 0 Å². The first-order valence-corrected chi connectivity index (χ1v) is 8.53. The molecule has 1 heterocycles. The van der Waals surface area contributed by atoms with Gasteiger partial charge in [0.15, 0.2) is 0 Å². The molecule has 0 spiro atoms. The lowest BCUT2D eigenvalue weighted by Crippen LogP contribution is -2.49. The molecule has 1 aliphatic heterocycles. The molecule has 0 aromatic heterocycles. The maximum atomic E-state index is 11.3. The molecule has 142 valence electrons. The van der Waals surface area contributed by atoms with Gasteiger partial charge in [0.25, 0.3) is 0 Å². The summed E-state index contributed by atoms with van der Waals surface area (Å²) in [5, 5.41) is 26.1. The Balaban J connectivity index is 0.000000449. The molecule has 1 atom stereocenters. The molecular formula is C16H33N3O5. The minimum Gasteiger partial charge on any atom is -0.395 e. The van der Waals surface area contributed by atoms with E-state index in [1.54, 1.807) is 14.0 Å². The van der Waals surface area contributed by atoms with E-state index in [1.807, 2.05) is 11.8 Å². The summed E-state index contributed by atoms with van der Waals surface area (Å²) in [4.78, 5) is 27.7. The maximum Gasteiger partial charge on any atom is 0.222 e. The van der Waals surface area contributed by atoms with Crippen molar-refractivity contribution in [2.45, 2.75) is 32.8 Å². The standard InChI is InChI=1S/C9H18N2O2.C7H15NO3/c1-2-9(13)11-5-3-10(4-6-11)7-8-12;1-3-7(11)8(2)4-6(10)5-9/h12H,2-8H2,1H3;6,9-10H,3-5H2,1-2H3. The van der Waals surface area contributed by atoms with Gasteiger partial charge in [0.1, 0.15) is 0 Å². The van der Waals surface area contributed by atoms with E-state index >= 15 is 0 Å². The third-order valence-electron chi connectivity index (χ3n) is 3.87. The molecule has 2 amide bonds. The van der Waals surface area contributed by atoms with Crippen molar-refractivity contribution in [1.29, 1.82) is 0 Å². The fraction of sp³-hybridized carbons (Fsp3) is 0.875. The number of nitrogens with zero attached hydrogens (tertiary/aromatic N) is 3. The van der Waals surface area contributed by atoms with Gasteiger partial charge in [0.2, 0.25) is 11.8 Å². The van der Waals surface area contributed by atoms with Gasteiger partial charge in [-0.2, -0.15) is 0 Å². The minimum atomic E-state index is -0.824. The van der Waals surface area contributed by atoms with Crippen molar-refractivity contribution in [2.24, 2.45) is 0 Å². The summed E-state index contributed by atoms with van der Waals surface area (Å²) in [6.45, 7) is 7.89. The van der Waals surface area contributed by atoms with Crippen molar-refractivity contribution in [3.05, 3.63) is 0 Å². The molecule has 0 saturated carbocycles. The molecule has 1 fully saturated rings. The first kappa shape index (κ1) is 22.8. The number of hydrogen-bond acceptors (Lipinski definition) is 6. The van der Waals surface area contributed by atoms with Gasteiger partial charge in [-0.25, -0.2) is 0 Å². The lowest BCUT2D eigenvalue weighted by atomic mass is 10.3. The van der Waals surface area contributed by atoms with Crippen LogP contribution in [0.5, 0.6) is 0 Å². The topological polar surface area (TPSA) is 105 Å². The largest absolute Gasteiger partial charge is 0.395 e. The fourth-order valence-electron chi connectivity index (χ4n) is 2.33. The number of carbonyl (C=O) groups is 2. The van der Waals surface area contributed by atoms with Crippen LogP contribution in [0.25, 0.3) is 0 Å². The number of amides is 2. The van der Waals surface area contributed by atoms with Crippen LogP contribution in [0.15, 0.2) is 0 Å². The minimum absolute atomic E-state index is 0.0301. The first-order chi connectivity index (χ1) is 11.4. The van der Waals surface area contributed by atoms with Crippen LogP contribution in [-0.4, -0.2) is 107 Å². The Kier molecular flexibility index (Phi) is 12.4. The number of β-amino-alcohol motifs (C(OH)–C–C–N with tert-alkyl or cyclic N) is 1. The van der Waals surface area contributed by atoms with Gasteiger partial charge < -0.3 is 25.1 Å². The summed E-state index contributed by atoms with van der Waals surface area (Å²) in [6.07, 6.45) is 0.199. The molecule has 1 rings (SSSR count). The highest BCUT2D eigenvalue weighted by atomic mass is 16.3. The lowest BCUT2D eigenvalue weighted by molar-refractivity contribution is -0.132. The average molecular weight is 347 g/mol. The Labute approximate surface area is 144 Å². The molecule has 1 saturated heterocycles. The number of likely N-dealkylation sites (N-methyl/N-ethyl adjacent to an activating group) is 1. The molecule has 8 heteroatoms. The van der Waals surface area contributed by atoms with Crippen LogP contribution in [0.1, 0.15) is 26.7 Å². The van der Waals surface area contributed by atoms with Crippen molar-refractivity contribution in [1.82, 2.24) is 14.7 Å². The zero-order valence-electron chi connectivity index (χ0n) is 15.1. The number of carbonyl (C=O) groups excluding carboxylic acids is 2. The van der Waals surface area contributed by atoms with E-state index in [9.17, 15) is 9.59 Å². The highest BCUT2D eigenvalue weighted by Crippen LogP contribution is 2.02. The summed E-state index contributed by atoms with van der Waals surface area (Å²) in [6, 6.07) is 0.